The summed E-state index contributed by atoms with van der Waals surface area (Å²) in [6.45, 7) is 0.998. The second-order valence-corrected chi connectivity index (χ2v) is 7.27. The molecule has 1 aromatic rings. The van der Waals surface area contributed by atoms with E-state index in [1.54, 1.807) is 12.3 Å². The Labute approximate surface area is 125 Å². The average molecular weight is 314 g/mol. The minimum absolute atomic E-state index is 0.0439. The largest absolute Gasteiger partial charge is 0.469 e. The molecule has 1 fully saturated rings. The molecule has 1 aromatic heterocycles. The predicted octanol–water partition coefficient (Wildman–Crippen LogP) is 1.14. The Morgan fingerprint density at radius 1 is 1.48 bits per heavy atom. The van der Waals surface area contributed by atoms with Crippen LogP contribution in [0.1, 0.15) is 31.4 Å². The molecule has 1 saturated heterocycles. The van der Waals surface area contributed by atoms with Crippen LogP contribution in [-0.2, 0) is 21.2 Å². The normalized spacial score (nSPS) is 19.7. The number of nitrogens with zero attached hydrogens (tertiary/aromatic N) is 1. The van der Waals surface area contributed by atoms with Gasteiger partial charge in [0.1, 0.15) is 5.76 Å². The fourth-order valence-electron chi connectivity index (χ4n) is 2.62. The van der Waals surface area contributed by atoms with Crippen molar-refractivity contribution >= 4 is 15.9 Å². The van der Waals surface area contributed by atoms with E-state index in [1.807, 2.05) is 11.0 Å². The number of carbonyl (C=O) groups excluding carboxylic acids is 1. The van der Waals surface area contributed by atoms with Gasteiger partial charge in [0, 0.05) is 32.0 Å². The van der Waals surface area contributed by atoms with Crippen molar-refractivity contribution in [3.05, 3.63) is 24.2 Å². The molecule has 6 nitrogen and oxygen atoms in total. The quantitative estimate of drug-likeness (QED) is 0.854. The Kier molecular flexibility index (Phi) is 5.41. The number of piperidine rings is 1. The lowest BCUT2D eigenvalue weighted by Gasteiger charge is -2.35. The molecule has 118 valence electrons. The minimum atomic E-state index is -3.22. The van der Waals surface area contributed by atoms with Gasteiger partial charge in [0.05, 0.1) is 12.5 Å². The molecule has 1 amide bonds. The molecule has 0 unspecified atom stereocenters. The lowest BCUT2D eigenvalue weighted by atomic mass is 10.0. The zero-order valence-electron chi connectivity index (χ0n) is 12.2. The third-order valence-electron chi connectivity index (χ3n) is 3.69. The molecule has 1 aliphatic heterocycles. The average Bonchev–Trinajstić information content (AvgIpc) is 2.95. The summed E-state index contributed by atoms with van der Waals surface area (Å²) < 4.78 is 30.1. The highest BCUT2D eigenvalue weighted by molar-refractivity contribution is 7.88. The second-order valence-electron chi connectivity index (χ2n) is 5.44. The first-order valence-electron chi connectivity index (χ1n) is 7.22. The highest BCUT2D eigenvalue weighted by Crippen LogP contribution is 2.18. The van der Waals surface area contributed by atoms with Crippen molar-refractivity contribution in [2.75, 3.05) is 19.3 Å². The highest BCUT2D eigenvalue weighted by atomic mass is 32.2. The number of likely N-dealkylation sites (tertiary alicyclic amines) is 1. The molecule has 1 aliphatic rings. The van der Waals surface area contributed by atoms with E-state index in [0.717, 1.165) is 31.3 Å². The van der Waals surface area contributed by atoms with Crippen LogP contribution in [0, 0.1) is 0 Å². The van der Waals surface area contributed by atoms with Crippen LogP contribution in [0.2, 0.25) is 0 Å². The van der Waals surface area contributed by atoms with Gasteiger partial charge in [-0.1, -0.05) is 0 Å². The van der Waals surface area contributed by atoms with Crippen LogP contribution < -0.4 is 4.72 Å². The third kappa shape index (κ3) is 5.17. The monoisotopic (exact) mass is 314 g/mol. The molecule has 0 radical (unpaired) electrons. The SMILES string of the molecule is CS(=O)(=O)NC[C@@H]1CCCCN1C(=O)CCc1ccco1. The third-order valence-corrected chi connectivity index (χ3v) is 4.39. The van der Waals surface area contributed by atoms with Crippen molar-refractivity contribution in [3.8, 4) is 0 Å². The van der Waals surface area contributed by atoms with E-state index < -0.39 is 10.0 Å². The fourth-order valence-corrected chi connectivity index (χ4v) is 3.11. The predicted molar refractivity (Wildman–Crippen MR) is 79.2 cm³/mol. The van der Waals surface area contributed by atoms with Crippen molar-refractivity contribution in [1.82, 2.24) is 9.62 Å². The highest BCUT2D eigenvalue weighted by Gasteiger charge is 2.27. The molecule has 0 aliphatic carbocycles. The van der Waals surface area contributed by atoms with Crippen molar-refractivity contribution in [2.45, 2.75) is 38.1 Å². The van der Waals surface area contributed by atoms with E-state index in [0.29, 0.717) is 25.9 Å². The molecule has 0 saturated carbocycles. The van der Waals surface area contributed by atoms with E-state index in [-0.39, 0.29) is 11.9 Å². The van der Waals surface area contributed by atoms with Gasteiger partial charge in [0.15, 0.2) is 0 Å². The maximum Gasteiger partial charge on any atom is 0.223 e. The Hall–Kier alpha value is -1.34. The van der Waals surface area contributed by atoms with E-state index in [9.17, 15) is 13.2 Å². The summed E-state index contributed by atoms with van der Waals surface area (Å²) in [6, 6.07) is 3.61. The second kappa shape index (κ2) is 7.09. The lowest BCUT2D eigenvalue weighted by molar-refractivity contribution is -0.134. The number of furan rings is 1. The first-order valence-corrected chi connectivity index (χ1v) is 9.11. The molecule has 2 heterocycles. The maximum atomic E-state index is 12.3. The molecule has 1 N–H and O–H groups in total. The number of amides is 1. The first-order chi connectivity index (χ1) is 9.96. The number of aryl methyl sites for hydroxylation is 1. The molecule has 21 heavy (non-hydrogen) atoms. The van der Waals surface area contributed by atoms with E-state index >= 15 is 0 Å². The molecule has 2 rings (SSSR count). The molecular weight excluding hydrogens is 292 g/mol. The summed E-state index contributed by atoms with van der Waals surface area (Å²) in [6.07, 6.45) is 6.55. The zero-order valence-corrected chi connectivity index (χ0v) is 13.1. The fraction of sp³-hybridized carbons (Fsp3) is 0.643. The number of hydrogen-bond acceptors (Lipinski definition) is 4. The summed E-state index contributed by atoms with van der Waals surface area (Å²) in [5.74, 6) is 0.859. The van der Waals surface area contributed by atoms with Gasteiger partial charge in [0.25, 0.3) is 0 Å². The summed E-state index contributed by atoms with van der Waals surface area (Å²) in [4.78, 5) is 14.1. The molecule has 0 aromatic carbocycles. The smallest absolute Gasteiger partial charge is 0.223 e. The Balaban J connectivity index is 1.89. The summed E-state index contributed by atoms with van der Waals surface area (Å²) in [5, 5.41) is 0. The van der Waals surface area contributed by atoms with Gasteiger partial charge in [0.2, 0.25) is 15.9 Å². The van der Waals surface area contributed by atoms with E-state index in [4.69, 9.17) is 4.42 Å². The van der Waals surface area contributed by atoms with Crippen molar-refractivity contribution < 1.29 is 17.6 Å². The molecule has 1 atom stereocenters. The van der Waals surface area contributed by atoms with Crippen molar-refractivity contribution in [3.63, 3.8) is 0 Å². The van der Waals surface area contributed by atoms with Crippen LogP contribution >= 0.6 is 0 Å². The van der Waals surface area contributed by atoms with Gasteiger partial charge < -0.3 is 9.32 Å². The Morgan fingerprint density at radius 2 is 2.29 bits per heavy atom. The van der Waals surface area contributed by atoms with Gasteiger partial charge in [-0.3, -0.25) is 4.79 Å². The molecule has 0 spiro atoms. The number of hydrogen-bond donors (Lipinski definition) is 1. The molecular formula is C14H22N2O4S. The topological polar surface area (TPSA) is 79.6 Å². The van der Waals surface area contributed by atoms with Crippen LogP contribution in [-0.4, -0.2) is 44.6 Å². The summed E-state index contributed by atoms with van der Waals surface area (Å²) in [7, 11) is -3.22. The maximum absolute atomic E-state index is 12.3. The van der Waals surface area contributed by atoms with Crippen molar-refractivity contribution in [1.29, 1.82) is 0 Å². The Bertz CT molecular complexity index is 554. The molecule has 0 bridgehead atoms. The Morgan fingerprint density at radius 3 is 2.95 bits per heavy atom. The van der Waals surface area contributed by atoms with E-state index in [1.165, 1.54) is 0 Å². The van der Waals surface area contributed by atoms with Crippen LogP contribution in [0.5, 0.6) is 0 Å². The van der Waals surface area contributed by atoms with Gasteiger partial charge >= 0.3 is 0 Å². The van der Waals surface area contributed by atoms with Gasteiger partial charge in [-0.15, -0.1) is 0 Å². The number of nitrogens with one attached hydrogen (secondary N) is 1. The van der Waals surface area contributed by atoms with Gasteiger partial charge in [-0.25, -0.2) is 13.1 Å². The summed E-state index contributed by atoms with van der Waals surface area (Å²) >= 11 is 0. The number of rotatable bonds is 6. The zero-order chi connectivity index (χ0) is 15.3. The number of carbonyl (C=O) groups is 1. The van der Waals surface area contributed by atoms with Crippen LogP contribution in [0.3, 0.4) is 0 Å². The molecule has 7 heteroatoms. The van der Waals surface area contributed by atoms with Crippen LogP contribution in [0.25, 0.3) is 0 Å². The van der Waals surface area contributed by atoms with E-state index in [2.05, 4.69) is 4.72 Å². The van der Waals surface area contributed by atoms with Crippen molar-refractivity contribution in [2.24, 2.45) is 0 Å². The van der Waals surface area contributed by atoms with Crippen LogP contribution in [0.15, 0.2) is 22.8 Å². The number of sulfonamides is 1. The van der Waals surface area contributed by atoms with Gasteiger partial charge in [-0.2, -0.15) is 0 Å². The first kappa shape index (κ1) is 16.0. The lowest BCUT2D eigenvalue weighted by Crippen LogP contribution is -2.49. The van der Waals surface area contributed by atoms with Crippen LogP contribution in [0.4, 0.5) is 0 Å². The standard InChI is InChI=1S/C14H22N2O4S/c1-21(18,19)15-11-12-5-2-3-9-16(12)14(17)8-7-13-6-4-10-20-13/h4,6,10,12,15H,2-3,5,7-9,11H2,1H3/t12-/m0/s1. The minimum Gasteiger partial charge on any atom is -0.469 e. The van der Waals surface area contributed by atoms with Gasteiger partial charge in [-0.05, 0) is 31.4 Å². The summed E-state index contributed by atoms with van der Waals surface area (Å²) in [5.41, 5.74) is 0.